The van der Waals surface area contributed by atoms with Gasteiger partial charge in [0, 0.05) is 0 Å². The Bertz CT molecular complexity index is 297. The molecule has 0 aliphatic heterocycles. The summed E-state index contributed by atoms with van der Waals surface area (Å²) in [7, 11) is 0. The third-order valence-corrected chi connectivity index (χ3v) is 2.90. The zero-order valence-corrected chi connectivity index (χ0v) is 8.38. The molecule has 1 aromatic rings. The van der Waals surface area contributed by atoms with Crippen LogP contribution in [0, 0.1) is 19.8 Å². The third kappa shape index (κ3) is 1.75. The molecule has 2 N–H and O–H groups in total. The van der Waals surface area contributed by atoms with Crippen molar-refractivity contribution in [3.63, 3.8) is 0 Å². The van der Waals surface area contributed by atoms with Gasteiger partial charge in [0.15, 0.2) is 0 Å². The first-order valence-electron chi connectivity index (χ1n) is 4.99. The molecule has 0 saturated heterocycles. The Labute approximate surface area is 80.0 Å². The summed E-state index contributed by atoms with van der Waals surface area (Å²) in [6, 6.07) is 6.82. The zero-order chi connectivity index (χ0) is 9.42. The van der Waals surface area contributed by atoms with Crippen molar-refractivity contribution in [2.45, 2.75) is 26.2 Å². The summed E-state index contributed by atoms with van der Waals surface area (Å²) in [4.78, 5) is 0. The maximum Gasteiger partial charge on any atom is -0.00428 e. The molecule has 1 nitrogen and oxygen atoms in total. The maximum absolute atomic E-state index is 5.64. The molecule has 0 unspecified atom stereocenters. The Balaban J connectivity index is 2.22. The molecule has 0 bridgehead atoms. The van der Waals surface area contributed by atoms with Gasteiger partial charge in [-0.25, -0.2) is 0 Å². The van der Waals surface area contributed by atoms with Gasteiger partial charge in [-0.15, -0.1) is 0 Å². The molecule has 0 aromatic heterocycles. The fraction of sp³-hybridized carbons (Fsp3) is 0.500. The molecule has 0 spiro atoms. The SMILES string of the molecule is Cc1cc(C)cc([C@H]2C[C@@H]2CN)c1. The Kier molecular flexibility index (Phi) is 2.12. The Morgan fingerprint density at radius 2 is 1.85 bits per heavy atom. The average Bonchev–Trinajstić information content (AvgIpc) is 2.80. The summed E-state index contributed by atoms with van der Waals surface area (Å²) in [6.07, 6.45) is 1.29. The highest BCUT2D eigenvalue weighted by molar-refractivity contribution is 5.34. The predicted octanol–water partition coefficient (Wildman–Crippen LogP) is 2.37. The Morgan fingerprint density at radius 3 is 2.31 bits per heavy atom. The number of hydrogen-bond acceptors (Lipinski definition) is 1. The first kappa shape index (κ1) is 8.76. The highest BCUT2D eigenvalue weighted by Crippen LogP contribution is 2.46. The molecule has 0 radical (unpaired) electrons. The number of benzene rings is 1. The smallest absolute Gasteiger partial charge is 0.00428 e. The maximum atomic E-state index is 5.64. The van der Waals surface area contributed by atoms with Crippen LogP contribution in [-0.2, 0) is 0 Å². The van der Waals surface area contributed by atoms with Gasteiger partial charge in [0.1, 0.15) is 0 Å². The van der Waals surface area contributed by atoms with E-state index in [0.717, 1.165) is 18.4 Å². The number of rotatable bonds is 2. The highest BCUT2D eigenvalue weighted by atomic mass is 14.6. The van der Waals surface area contributed by atoms with Crippen LogP contribution in [0.3, 0.4) is 0 Å². The summed E-state index contributed by atoms with van der Waals surface area (Å²) in [5.41, 5.74) is 9.88. The zero-order valence-electron chi connectivity index (χ0n) is 8.38. The van der Waals surface area contributed by atoms with Gasteiger partial charge >= 0.3 is 0 Å². The average molecular weight is 175 g/mol. The molecule has 2 rings (SSSR count). The van der Waals surface area contributed by atoms with E-state index in [1.807, 2.05) is 0 Å². The summed E-state index contributed by atoms with van der Waals surface area (Å²) < 4.78 is 0. The topological polar surface area (TPSA) is 26.0 Å². The Hall–Kier alpha value is -0.820. The lowest BCUT2D eigenvalue weighted by atomic mass is 10.0. The molecule has 1 saturated carbocycles. The molecule has 1 aliphatic carbocycles. The molecule has 1 aliphatic rings. The van der Waals surface area contributed by atoms with Crippen molar-refractivity contribution in [2.24, 2.45) is 11.7 Å². The van der Waals surface area contributed by atoms with Gasteiger partial charge in [-0.2, -0.15) is 0 Å². The Morgan fingerprint density at radius 1 is 1.23 bits per heavy atom. The molecule has 13 heavy (non-hydrogen) atoms. The largest absolute Gasteiger partial charge is 0.330 e. The minimum atomic E-state index is 0.751. The lowest BCUT2D eigenvalue weighted by Crippen LogP contribution is -2.02. The lowest BCUT2D eigenvalue weighted by Gasteiger charge is -2.03. The van der Waals surface area contributed by atoms with Crippen LogP contribution in [0.2, 0.25) is 0 Å². The van der Waals surface area contributed by atoms with Gasteiger partial charge in [0.05, 0.1) is 0 Å². The van der Waals surface area contributed by atoms with E-state index in [1.165, 1.54) is 23.1 Å². The van der Waals surface area contributed by atoms with Crippen LogP contribution in [-0.4, -0.2) is 6.54 Å². The van der Waals surface area contributed by atoms with Crippen molar-refractivity contribution >= 4 is 0 Å². The number of aryl methyl sites for hydroxylation is 2. The fourth-order valence-corrected chi connectivity index (χ4v) is 2.14. The van der Waals surface area contributed by atoms with Crippen LogP contribution in [0.4, 0.5) is 0 Å². The van der Waals surface area contributed by atoms with Crippen molar-refractivity contribution in [1.82, 2.24) is 0 Å². The minimum Gasteiger partial charge on any atom is -0.330 e. The van der Waals surface area contributed by atoms with E-state index in [2.05, 4.69) is 32.0 Å². The van der Waals surface area contributed by atoms with Crippen LogP contribution in [0.15, 0.2) is 18.2 Å². The van der Waals surface area contributed by atoms with Crippen LogP contribution in [0.5, 0.6) is 0 Å². The van der Waals surface area contributed by atoms with E-state index in [4.69, 9.17) is 5.73 Å². The second kappa shape index (κ2) is 3.15. The van der Waals surface area contributed by atoms with Crippen molar-refractivity contribution in [3.8, 4) is 0 Å². The van der Waals surface area contributed by atoms with Gasteiger partial charge in [-0.3, -0.25) is 0 Å². The monoisotopic (exact) mass is 175 g/mol. The molecular weight excluding hydrogens is 158 g/mol. The molecular formula is C12H17N. The molecule has 70 valence electrons. The van der Waals surface area contributed by atoms with Crippen LogP contribution >= 0.6 is 0 Å². The second-order valence-electron chi connectivity index (χ2n) is 4.26. The lowest BCUT2D eigenvalue weighted by molar-refractivity contribution is 0.809. The quantitative estimate of drug-likeness (QED) is 0.733. The third-order valence-electron chi connectivity index (χ3n) is 2.90. The number of nitrogens with two attached hydrogens (primary N) is 1. The molecule has 1 fully saturated rings. The van der Waals surface area contributed by atoms with Gasteiger partial charge < -0.3 is 5.73 Å². The van der Waals surface area contributed by atoms with E-state index in [-0.39, 0.29) is 0 Å². The van der Waals surface area contributed by atoms with Crippen molar-refractivity contribution in [3.05, 3.63) is 34.9 Å². The normalized spacial score (nSPS) is 26.1. The van der Waals surface area contributed by atoms with E-state index in [9.17, 15) is 0 Å². The van der Waals surface area contributed by atoms with Crippen LogP contribution < -0.4 is 5.73 Å². The molecule has 1 aromatic carbocycles. The predicted molar refractivity (Wildman–Crippen MR) is 55.8 cm³/mol. The number of hydrogen-bond donors (Lipinski definition) is 1. The molecule has 2 atom stereocenters. The van der Waals surface area contributed by atoms with E-state index >= 15 is 0 Å². The molecule has 0 amide bonds. The van der Waals surface area contributed by atoms with Crippen LogP contribution in [0.1, 0.15) is 29.0 Å². The summed E-state index contributed by atoms with van der Waals surface area (Å²) in [6.45, 7) is 5.17. The standard InChI is InChI=1S/C12H17N/c1-8-3-9(2)5-10(4-8)12-6-11(12)7-13/h3-5,11-12H,6-7,13H2,1-2H3/t11-,12-/m1/s1. The van der Waals surface area contributed by atoms with E-state index < -0.39 is 0 Å². The van der Waals surface area contributed by atoms with E-state index in [1.54, 1.807) is 0 Å². The highest BCUT2D eigenvalue weighted by Gasteiger charge is 2.36. The van der Waals surface area contributed by atoms with Gasteiger partial charge in [-0.1, -0.05) is 29.3 Å². The van der Waals surface area contributed by atoms with Crippen molar-refractivity contribution < 1.29 is 0 Å². The van der Waals surface area contributed by atoms with Gasteiger partial charge in [0.25, 0.3) is 0 Å². The van der Waals surface area contributed by atoms with Gasteiger partial charge in [0.2, 0.25) is 0 Å². The van der Waals surface area contributed by atoms with E-state index in [0.29, 0.717) is 0 Å². The molecule has 0 heterocycles. The summed E-state index contributed by atoms with van der Waals surface area (Å²) in [5, 5.41) is 0. The van der Waals surface area contributed by atoms with Crippen LogP contribution in [0.25, 0.3) is 0 Å². The van der Waals surface area contributed by atoms with Crippen molar-refractivity contribution in [1.29, 1.82) is 0 Å². The summed E-state index contributed by atoms with van der Waals surface area (Å²) in [5.74, 6) is 1.50. The van der Waals surface area contributed by atoms with Crippen molar-refractivity contribution in [2.75, 3.05) is 6.54 Å². The molecule has 1 heteroatoms. The van der Waals surface area contributed by atoms with Gasteiger partial charge in [-0.05, 0) is 44.2 Å². The minimum absolute atomic E-state index is 0.751. The summed E-state index contributed by atoms with van der Waals surface area (Å²) >= 11 is 0. The fourth-order valence-electron chi connectivity index (χ4n) is 2.14. The first-order valence-corrected chi connectivity index (χ1v) is 4.99. The first-order chi connectivity index (χ1) is 6.20. The second-order valence-corrected chi connectivity index (χ2v) is 4.26.